The number of hydrogen-bond donors (Lipinski definition) is 3. The molecule has 1 heterocycles. The molecule has 0 fully saturated rings. The minimum absolute atomic E-state index is 0.141. The third kappa shape index (κ3) is 5.44. The van der Waals surface area contributed by atoms with E-state index in [1.165, 1.54) is 0 Å². The van der Waals surface area contributed by atoms with Crippen LogP contribution >= 0.6 is 0 Å². The fourth-order valence-electron chi connectivity index (χ4n) is 2.80. The molecule has 1 aromatic heterocycles. The van der Waals surface area contributed by atoms with Crippen LogP contribution in [0.3, 0.4) is 0 Å². The van der Waals surface area contributed by atoms with Gasteiger partial charge in [0.1, 0.15) is 17.5 Å². The highest BCUT2D eigenvalue weighted by Crippen LogP contribution is 2.20. The van der Waals surface area contributed by atoms with Gasteiger partial charge in [-0.05, 0) is 62.4 Å². The van der Waals surface area contributed by atoms with Crippen molar-refractivity contribution in [1.82, 2.24) is 9.97 Å². The number of nitrogens with zero attached hydrogens (tertiary/aromatic N) is 3. The summed E-state index contributed by atoms with van der Waals surface area (Å²) in [5.74, 6) is 2.05. The maximum absolute atomic E-state index is 12.4. The molecule has 1 amide bonds. The Morgan fingerprint density at radius 2 is 1.55 bits per heavy atom. The van der Waals surface area contributed by atoms with E-state index in [4.69, 9.17) is 0 Å². The largest absolute Gasteiger partial charge is 0.378 e. The molecule has 150 valence electrons. The van der Waals surface area contributed by atoms with Crippen LogP contribution in [0.5, 0.6) is 0 Å². The van der Waals surface area contributed by atoms with Crippen molar-refractivity contribution in [2.45, 2.75) is 13.8 Å². The van der Waals surface area contributed by atoms with E-state index in [1.807, 2.05) is 87.4 Å². The Balaban J connectivity index is 1.65. The summed E-state index contributed by atoms with van der Waals surface area (Å²) in [5, 5.41) is 9.37. The van der Waals surface area contributed by atoms with E-state index < -0.39 is 0 Å². The lowest BCUT2D eigenvalue weighted by atomic mass is 10.2. The van der Waals surface area contributed by atoms with Gasteiger partial charge < -0.3 is 20.9 Å². The third-order valence-corrected chi connectivity index (χ3v) is 4.26. The van der Waals surface area contributed by atoms with Gasteiger partial charge >= 0.3 is 0 Å². The van der Waals surface area contributed by atoms with Gasteiger partial charge in [0.05, 0.1) is 0 Å². The maximum atomic E-state index is 12.4. The van der Waals surface area contributed by atoms with E-state index in [0.717, 1.165) is 29.4 Å². The first kappa shape index (κ1) is 20.1. The van der Waals surface area contributed by atoms with Crippen LogP contribution in [-0.2, 0) is 0 Å². The van der Waals surface area contributed by atoms with Gasteiger partial charge in [0.2, 0.25) is 0 Å². The minimum atomic E-state index is -0.141. The molecule has 3 aromatic rings. The fourth-order valence-corrected chi connectivity index (χ4v) is 2.80. The van der Waals surface area contributed by atoms with Gasteiger partial charge in [-0.15, -0.1) is 0 Å². The van der Waals surface area contributed by atoms with Crippen molar-refractivity contribution in [3.63, 3.8) is 0 Å². The van der Waals surface area contributed by atoms with Gasteiger partial charge in [-0.1, -0.05) is 0 Å². The number of nitrogens with one attached hydrogen (secondary N) is 3. The second-order valence-electron chi connectivity index (χ2n) is 6.81. The summed E-state index contributed by atoms with van der Waals surface area (Å²) in [4.78, 5) is 23.2. The normalized spacial score (nSPS) is 10.3. The van der Waals surface area contributed by atoms with Crippen molar-refractivity contribution in [1.29, 1.82) is 0 Å². The number of anilines is 5. The van der Waals surface area contributed by atoms with E-state index in [1.54, 1.807) is 0 Å². The average molecular weight is 390 g/mol. The topological polar surface area (TPSA) is 82.2 Å². The lowest BCUT2D eigenvalue weighted by molar-refractivity contribution is 0.102. The average Bonchev–Trinajstić information content (AvgIpc) is 2.69. The highest BCUT2D eigenvalue weighted by atomic mass is 16.1. The highest BCUT2D eigenvalue weighted by Gasteiger charge is 2.07. The minimum Gasteiger partial charge on any atom is -0.378 e. The molecule has 7 heteroatoms. The number of aromatic nitrogens is 2. The third-order valence-electron chi connectivity index (χ3n) is 4.26. The number of aryl methyl sites for hydroxylation is 1. The molecule has 0 aliphatic carbocycles. The van der Waals surface area contributed by atoms with Crippen LogP contribution in [0.4, 0.5) is 28.7 Å². The number of amides is 1. The molecule has 2 aromatic carbocycles. The Morgan fingerprint density at radius 3 is 2.17 bits per heavy atom. The summed E-state index contributed by atoms with van der Waals surface area (Å²) in [6.07, 6.45) is 0. The Hall–Kier alpha value is -3.61. The van der Waals surface area contributed by atoms with E-state index in [9.17, 15) is 4.79 Å². The summed E-state index contributed by atoms with van der Waals surface area (Å²) >= 11 is 0. The number of carbonyl (C=O) groups excluding carboxylic acids is 1. The molecule has 0 atom stereocenters. The molecular weight excluding hydrogens is 364 g/mol. The van der Waals surface area contributed by atoms with E-state index >= 15 is 0 Å². The van der Waals surface area contributed by atoms with Gasteiger partial charge in [-0.25, -0.2) is 9.97 Å². The smallest absolute Gasteiger partial charge is 0.255 e. The van der Waals surface area contributed by atoms with Crippen molar-refractivity contribution in [2.75, 3.05) is 41.5 Å². The first-order chi connectivity index (χ1) is 13.9. The molecule has 7 nitrogen and oxygen atoms in total. The van der Waals surface area contributed by atoms with Crippen molar-refractivity contribution in [2.24, 2.45) is 0 Å². The molecule has 0 saturated heterocycles. The molecule has 0 spiro atoms. The molecule has 0 saturated carbocycles. The summed E-state index contributed by atoms with van der Waals surface area (Å²) < 4.78 is 0. The Kier molecular flexibility index (Phi) is 6.29. The van der Waals surface area contributed by atoms with Gasteiger partial charge in [0.25, 0.3) is 5.91 Å². The zero-order valence-electron chi connectivity index (χ0n) is 17.2. The summed E-state index contributed by atoms with van der Waals surface area (Å²) in [5.41, 5.74) is 3.27. The SMILES string of the molecule is CCNc1cc(Nc2ccc(NC(=O)c3ccc(N(C)C)cc3)cc2)nc(C)n1. The molecule has 0 aliphatic heterocycles. The Morgan fingerprint density at radius 1 is 0.931 bits per heavy atom. The van der Waals surface area contributed by atoms with Gasteiger partial charge in [-0.2, -0.15) is 0 Å². The van der Waals surface area contributed by atoms with Crippen LogP contribution < -0.4 is 20.9 Å². The van der Waals surface area contributed by atoms with Crippen molar-refractivity contribution in [3.05, 3.63) is 66.0 Å². The number of benzene rings is 2. The van der Waals surface area contributed by atoms with E-state index in [0.29, 0.717) is 17.2 Å². The quantitative estimate of drug-likeness (QED) is 0.559. The Labute approximate surface area is 171 Å². The molecule has 29 heavy (non-hydrogen) atoms. The fraction of sp³-hybridized carbons (Fsp3) is 0.227. The van der Waals surface area contributed by atoms with Gasteiger partial charge in [0.15, 0.2) is 0 Å². The lowest BCUT2D eigenvalue weighted by Crippen LogP contribution is -2.13. The first-order valence-electron chi connectivity index (χ1n) is 9.50. The zero-order chi connectivity index (χ0) is 20.8. The predicted octanol–water partition coefficient (Wildman–Crippen LogP) is 4.28. The Bertz CT molecular complexity index is 968. The van der Waals surface area contributed by atoms with Crippen molar-refractivity contribution >= 4 is 34.6 Å². The van der Waals surface area contributed by atoms with Gasteiger partial charge in [0, 0.05) is 49.3 Å². The zero-order valence-corrected chi connectivity index (χ0v) is 17.2. The van der Waals surface area contributed by atoms with Gasteiger partial charge in [-0.3, -0.25) is 4.79 Å². The molecule has 3 N–H and O–H groups in total. The second kappa shape index (κ2) is 9.05. The number of carbonyl (C=O) groups is 1. The summed E-state index contributed by atoms with van der Waals surface area (Å²) in [6, 6.07) is 16.9. The molecule has 0 radical (unpaired) electrons. The van der Waals surface area contributed by atoms with Crippen LogP contribution in [0, 0.1) is 6.92 Å². The van der Waals surface area contributed by atoms with Crippen LogP contribution in [0.1, 0.15) is 23.1 Å². The first-order valence-corrected chi connectivity index (χ1v) is 9.50. The molecule has 0 unspecified atom stereocenters. The monoisotopic (exact) mass is 390 g/mol. The molecule has 0 aliphatic rings. The van der Waals surface area contributed by atoms with E-state index in [2.05, 4.69) is 25.9 Å². The summed E-state index contributed by atoms with van der Waals surface area (Å²) in [7, 11) is 3.93. The molecule has 0 bridgehead atoms. The van der Waals surface area contributed by atoms with Crippen LogP contribution in [0.25, 0.3) is 0 Å². The summed E-state index contributed by atoms with van der Waals surface area (Å²) in [6.45, 7) is 4.67. The van der Waals surface area contributed by atoms with Crippen molar-refractivity contribution in [3.8, 4) is 0 Å². The molecular formula is C22H26N6O. The predicted molar refractivity (Wildman–Crippen MR) is 119 cm³/mol. The second-order valence-corrected chi connectivity index (χ2v) is 6.81. The van der Waals surface area contributed by atoms with Crippen molar-refractivity contribution < 1.29 is 4.79 Å². The molecule has 3 rings (SSSR count). The van der Waals surface area contributed by atoms with Crippen LogP contribution in [0.15, 0.2) is 54.6 Å². The lowest BCUT2D eigenvalue weighted by Gasteiger charge is -2.13. The highest BCUT2D eigenvalue weighted by molar-refractivity contribution is 6.04. The number of hydrogen-bond acceptors (Lipinski definition) is 6. The maximum Gasteiger partial charge on any atom is 0.255 e. The number of rotatable bonds is 7. The standard InChI is InChI=1S/C22H26N6O/c1-5-23-20-14-21(25-15(2)24-20)26-17-8-10-18(11-9-17)27-22(29)16-6-12-19(13-7-16)28(3)4/h6-14H,5H2,1-4H3,(H,27,29)(H2,23,24,25,26). The van der Waals surface area contributed by atoms with Crippen LogP contribution in [0.2, 0.25) is 0 Å². The van der Waals surface area contributed by atoms with E-state index in [-0.39, 0.29) is 5.91 Å². The van der Waals surface area contributed by atoms with Crippen LogP contribution in [-0.4, -0.2) is 36.5 Å².